The number of piperazine rings is 1. The standard InChI is InChI=1S/C21H23F2N9O.CH4/c22-16-7-14(19(23)18(8-16)30-3-1-24-2-4-30)12-32-20-15(10-27-32)9-25-21(29-20)28-17-11-26-31(13-17)5-6-33;/h7-11,13,24,33H,1-6,12H2,(H,25,28,29);1H4. The number of rotatable bonds is 7. The lowest BCUT2D eigenvalue weighted by atomic mass is 10.1. The third-order valence-corrected chi connectivity index (χ3v) is 5.47. The molecule has 0 aliphatic carbocycles. The number of halogens is 2. The summed E-state index contributed by atoms with van der Waals surface area (Å²) in [5.74, 6) is -0.632. The minimum absolute atomic E-state index is 0. The summed E-state index contributed by atoms with van der Waals surface area (Å²) < 4.78 is 32.8. The molecule has 180 valence electrons. The largest absolute Gasteiger partial charge is 0.394 e. The van der Waals surface area contributed by atoms with Crippen LogP contribution in [0.3, 0.4) is 0 Å². The normalized spacial score (nSPS) is 13.8. The van der Waals surface area contributed by atoms with Gasteiger partial charge in [0.25, 0.3) is 0 Å². The maximum Gasteiger partial charge on any atom is 0.229 e. The fraction of sp³-hybridized carbons (Fsp3) is 0.364. The van der Waals surface area contributed by atoms with E-state index in [2.05, 4.69) is 30.8 Å². The van der Waals surface area contributed by atoms with Crippen LogP contribution in [-0.2, 0) is 13.1 Å². The minimum atomic E-state index is -0.492. The first-order chi connectivity index (χ1) is 16.1. The van der Waals surface area contributed by atoms with E-state index in [9.17, 15) is 4.39 Å². The number of anilines is 3. The van der Waals surface area contributed by atoms with Gasteiger partial charge >= 0.3 is 0 Å². The molecule has 12 heteroatoms. The molecule has 0 saturated carbocycles. The first kappa shape index (κ1) is 23.5. The summed E-state index contributed by atoms with van der Waals surface area (Å²) in [5, 5.41) is 24.4. The number of aliphatic hydroxyl groups excluding tert-OH is 1. The minimum Gasteiger partial charge on any atom is -0.394 e. The monoisotopic (exact) mass is 471 g/mol. The van der Waals surface area contributed by atoms with Gasteiger partial charge in [-0.2, -0.15) is 15.2 Å². The zero-order valence-corrected chi connectivity index (χ0v) is 17.7. The quantitative estimate of drug-likeness (QED) is 0.376. The van der Waals surface area contributed by atoms with Crippen LogP contribution in [0.1, 0.15) is 13.0 Å². The Hall–Kier alpha value is -3.64. The summed E-state index contributed by atoms with van der Waals surface area (Å²) >= 11 is 0. The van der Waals surface area contributed by atoms with Crippen molar-refractivity contribution in [3.63, 3.8) is 0 Å². The molecule has 1 fully saturated rings. The van der Waals surface area contributed by atoms with Crippen LogP contribution in [0.25, 0.3) is 11.0 Å². The third kappa shape index (κ3) is 4.82. The van der Waals surface area contributed by atoms with Crippen LogP contribution in [0, 0.1) is 11.6 Å². The van der Waals surface area contributed by atoms with Gasteiger partial charge in [-0.05, 0) is 6.07 Å². The van der Waals surface area contributed by atoms with E-state index in [1.165, 1.54) is 16.8 Å². The van der Waals surface area contributed by atoms with Crippen LogP contribution in [0.15, 0.2) is 36.9 Å². The Bertz CT molecular complexity index is 1270. The summed E-state index contributed by atoms with van der Waals surface area (Å²) in [4.78, 5) is 10.6. The van der Waals surface area contributed by atoms with E-state index < -0.39 is 11.6 Å². The summed E-state index contributed by atoms with van der Waals surface area (Å²) in [7, 11) is 0. The second kappa shape index (κ2) is 10.1. The van der Waals surface area contributed by atoms with Gasteiger partial charge in [0.2, 0.25) is 5.95 Å². The van der Waals surface area contributed by atoms with Crippen molar-refractivity contribution in [3.8, 4) is 0 Å². The van der Waals surface area contributed by atoms with Crippen molar-refractivity contribution in [1.82, 2.24) is 34.8 Å². The number of hydrogen-bond donors (Lipinski definition) is 3. The van der Waals surface area contributed by atoms with Gasteiger partial charge in [0.15, 0.2) is 11.5 Å². The molecule has 0 atom stereocenters. The summed E-state index contributed by atoms with van der Waals surface area (Å²) in [5.41, 5.74) is 1.61. The average Bonchev–Trinajstić information content (AvgIpc) is 3.43. The molecule has 5 rings (SSSR count). The molecule has 3 N–H and O–H groups in total. The van der Waals surface area contributed by atoms with Gasteiger partial charge < -0.3 is 20.6 Å². The Morgan fingerprint density at radius 3 is 2.71 bits per heavy atom. The molecule has 0 spiro atoms. The van der Waals surface area contributed by atoms with Crippen molar-refractivity contribution in [1.29, 1.82) is 0 Å². The van der Waals surface area contributed by atoms with Gasteiger partial charge in [0.1, 0.15) is 5.82 Å². The zero-order valence-electron chi connectivity index (χ0n) is 17.7. The van der Waals surface area contributed by atoms with Gasteiger partial charge in [-0.1, -0.05) is 7.43 Å². The van der Waals surface area contributed by atoms with Crippen molar-refractivity contribution < 1.29 is 13.9 Å². The number of nitrogens with zero attached hydrogens (tertiary/aromatic N) is 7. The summed E-state index contributed by atoms with van der Waals surface area (Å²) in [6.45, 7) is 3.06. The van der Waals surface area contributed by atoms with Gasteiger partial charge in [-0.15, -0.1) is 0 Å². The Morgan fingerprint density at radius 2 is 1.91 bits per heavy atom. The van der Waals surface area contributed by atoms with Crippen molar-refractivity contribution in [3.05, 3.63) is 54.1 Å². The smallest absolute Gasteiger partial charge is 0.229 e. The number of hydrogen-bond acceptors (Lipinski definition) is 8. The highest BCUT2D eigenvalue weighted by molar-refractivity contribution is 5.75. The highest BCUT2D eigenvalue weighted by atomic mass is 19.1. The molecule has 0 unspecified atom stereocenters. The first-order valence-corrected chi connectivity index (χ1v) is 10.6. The molecule has 4 aromatic rings. The number of fused-ring (bicyclic) bond motifs is 1. The Morgan fingerprint density at radius 1 is 1.09 bits per heavy atom. The summed E-state index contributed by atoms with van der Waals surface area (Å²) in [6.07, 6.45) is 6.52. The molecule has 4 heterocycles. The lowest BCUT2D eigenvalue weighted by Gasteiger charge is -2.30. The first-order valence-electron chi connectivity index (χ1n) is 10.6. The van der Waals surface area contributed by atoms with E-state index in [-0.39, 0.29) is 31.8 Å². The summed E-state index contributed by atoms with van der Waals surface area (Å²) in [6, 6.07) is 2.44. The highest BCUT2D eigenvalue weighted by Crippen LogP contribution is 2.26. The molecule has 10 nitrogen and oxygen atoms in total. The molecule has 34 heavy (non-hydrogen) atoms. The lowest BCUT2D eigenvalue weighted by Crippen LogP contribution is -2.44. The van der Waals surface area contributed by atoms with Crippen molar-refractivity contribution in [2.45, 2.75) is 20.5 Å². The fourth-order valence-corrected chi connectivity index (χ4v) is 3.87. The second-order valence-corrected chi connectivity index (χ2v) is 7.75. The number of aromatic nitrogens is 6. The topological polar surface area (TPSA) is 109 Å². The predicted molar refractivity (Wildman–Crippen MR) is 125 cm³/mol. The van der Waals surface area contributed by atoms with Crippen molar-refractivity contribution >= 4 is 28.4 Å². The van der Waals surface area contributed by atoms with Gasteiger partial charge in [0, 0.05) is 50.2 Å². The van der Waals surface area contributed by atoms with Crippen molar-refractivity contribution in [2.24, 2.45) is 0 Å². The van der Waals surface area contributed by atoms with Gasteiger partial charge in [-0.25, -0.2) is 18.4 Å². The van der Waals surface area contributed by atoms with E-state index in [1.807, 2.05) is 4.90 Å². The predicted octanol–water partition coefficient (Wildman–Crippen LogP) is 2.13. The Balaban J connectivity index is 0.00000274. The maximum absolute atomic E-state index is 15.3. The molecule has 3 aromatic heterocycles. The number of aliphatic hydroxyl groups is 1. The van der Waals surface area contributed by atoms with Crippen LogP contribution < -0.4 is 15.5 Å². The number of benzene rings is 1. The fourth-order valence-electron chi connectivity index (χ4n) is 3.87. The van der Waals surface area contributed by atoms with E-state index in [4.69, 9.17) is 5.11 Å². The van der Waals surface area contributed by atoms with Crippen LogP contribution >= 0.6 is 0 Å². The highest BCUT2D eigenvalue weighted by Gasteiger charge is 2.20. The molecule has 1 aliphatic heterocycles. The van der Waals surface area contributed by atoms with Crippen LogP contribution in [0.2, 0.25) is 0 Å². The lowest BCUT2D eigenvalue weighted by molar-refractivity contribution is 0.269. The molecule has 1 saturated heterocycles. The van der Waals surface area contributed by atoms with Crippen LogP contribution in [0.4, 0.5) is 26.1 Å². The van der Waals surface area contributed by atoms with Crippen LogP contribution in [0.5, 0.6) is 0 Å². The Labute approximate surface area is 195 Å². The molecular weight excluding hydrogens is 444 g/mol. The molecule has 1 aromatic carbocycles. The van der Waals surface area contributed by atoms with E-state index in [0.29, 0.717) is 42.3 Å². The third-order valence-electron chi connectivity index (χ3n) is 5.47. The SMILES string of the molecule is C.OCCn1cc(Nc2ncc3cnn(Cc4cc(F)cc(N5CCNCC5)c4F)c3n2)cn1. The average molecular weight is 472 g/mol. The number of nitrogens with one attached hydrogen (secondary N) is 2. The van der Waals surface area contributed by atoms with E-state index >= 15 is 4.39 Å². The van der Waals surface area contributed by atoms with Crippen molar-refractivity contribution in [2.75, 3.05) is 43.0 Å². The zero-order chi connectivity index (χ0) is 22.8. The van der Waals surface area contributed by atoms with Gasteiger partial charge in [0.05, 0.1) is 48.9 Å². The Kier molecular flexibility index (Phi) is 6.98. The van der Waals surface area contributed by atoms with Gasteiger partial charge in [-0.3, -0.25) is 4.68 Å². The molecule has 0 bridgehead atoms. The van der Waals surface area contributed by atoms with Crippen LogP contribution in [-0.4, -0.2) is 67.4 Å². The molecule has 1 aliphatic rings. The maximum atomic E-state index is 15.3. The molecular formula is C22H27F2N9O. The second-order valence-electron chi connectivity index (χ2n) is 7.75. The van der Waals surface area contributed by atoms with E-state index in [1.54, 1.807) is 29.5 Å². The molecule has 0 amide bonds. The molecule has 0 radical (unpaired) electrons. The van der Waals surface area contributed by atoms with E-state index in [0.717, 1.165) is 13.1 Å².